The topological polar surface area (TPSA) is 84.9 Å². The van der Waals surface area contributed by atoms with Crippen molar-refractivity contribution in [2.75, 3.05) is 6.61 Å². The lowest BCUT2D eigenvalue weighted by molar-refractivity contribution is -0.143. The molecule has 1 aromatic rings. The number of esters is 1. The molecule has 0 spiro atoms. The Labute approximate surface area is 179 Å². The Kier molecular flexibility index (Phi) is 6.36. The van der Waals surface area contributed by atoms with Crippen LogP contribution in [-0.4, -0.2) is 29.6 Å². The van der Waals surface area contributed by atoms with Crippen LogP contribution in [0, 0.1) is 0 Å². The Morgan fingerprint density at radius 1 is 1.34 bits per heavy atom. The molecule has 0 fully saturated rings. The molecule has 7 heteroatoms. The Morgan fingerprint density at radius 2 is 2.07 bits per heavy atom. The summed E-state index contributed by atoms with van der Waals surface area (Å²) in [5.74, 6) is -0.729. The van der Waals surface area contributed by atoms with Crippen molar-refractivity contribution in [3.8, 4) is 11.5 Å². The number of rotatable bonds is 5. The van der Waals surface area contributed by atoms with Gasteiger partial charge in [-0.05, 0) is 74.2 Å². The predicted octanol–water partition coefficient (Wildman–Crippen LogP) is 4.47. The molecule has 0 unspecified atom stereocenters. The summed E-state index contributed by atoms with van der Waals surface area (Å²) in [7, 11) is 0. The lowest BCUT2D eigenvalue weighted by Gasteiger charge is -2.34. The van der Waals surface area contributed by atoms with Gasteiger partial charge in [-0.25, -0.2) is 4.79 Å². The lowest BCUT2D eigenvalue weighted by atomic mass is 9.75. The number of phenols is 1. The molecule has 2 aliphatic rings. The van der Waals surface area contributed by atoms with Crippen LogP contribution in [0.1, 0.15) is 58.4 Å². The highest BCUT2D eigenvalue weighted by molar-refractivity contribution is 9.10. The summed E-state index contributed by atoms with van der Waals surface area (Å²) in [5, 5.41) is 13.6. The largest absolute Gasteiger partial charge is 0.503 e. The van der Waals surface area contributed by atoms with Crippen molar-refractivity contribution in [3.05, 3.63) is 44.7 Å². The second kappa shape index (κ2) is 8.61. The smallest absolute Gasteiger partial charge is 0.337 e. The third-order valence-corrected chi connectivity index (χ3v) is 5.63. The van der Waals surface area contributed by atoms with Crippen molar-refractivity contribution >= 4 is 27.7 Å². The van der Waals surface area contributed by atoms with Gasteiger partial charge in [-0.1, -0.05) is 0 Å². The van der Waals surface area contributed by atoms with Gasteiger partial charge in [0.25, 0.3) is 0 Å². The number of allylic oxidation sites excluding steroid dienone is 3. The zero-order valence-corrected chi connectivity index (χ0v) is 18.7. The molecule has 0 bridgehead atoms. The van der Waals surface area contributed by atoms with Crippen LogP contribution in [-0.2, 0) is 14.3 Å². The molecule has 29 heavy (non-hydrogen) atoms. The van der Waals surface area contributed by atoms with E-state index in [1.165, 1.54) is 0 Å². The minimum atomic E-state index is -0.582. The average Bonchev–Trinajstić information content (AvgIpc) is 2.63. The quantitative estimate of drug-likeness (QED) is 0.626. The van der Waals surface area contributed by atoms with Crippen molar-refractivity contribution in [3.63, 3.8) is 0 Å². The highest BCUT2D eigenvalue weighted by atomic mass is 79.9. The molecule has 1 aliphatic heterocycles. The summed E-state index contributed by atoms with van der Waals surface area (Å²) >= 11 is 3.37. The molecular weight excluding hydrogens is 438 g/mol. The molecule has 0 saturated carbocycles. The summed E-state index contributed by atoms with van der Waals surface area (Å²) < 4.78 is 11.5. The van der Waals surface area contributed by atoms with Gasteiger partial charge in [0.2, 0.25) is 0 Å². The van der Waals surface area contributed by atoms with Crippen LogP contribution in [0.4, 0.5) is 0 Å². The van der Waals surface area contributed by atoms with Crippen molar-refractivity contribution in [2.45, 2.75) is 59.0 Å². The number of carbonyl (C=O) groups is 2. The van der Waals surface area contributed by atoms with E-state index in [2.05, 4.69) is 21.2 Å². The first-order valence-electron chi connectivity index (χ1n) is 9.84. The standard InChI is InChI=1S/C22H26BrNO5/c1-5-28-17-10-13(9-14(23)21(17)26)19-18(22(27)29-11(2)3)12(4)24-15-7-6-8-16(25)20(15)19/h9-11,19,24,26H,5-8H2,1-4H3/t19-/m0/s1. The first-order chi connectivity index (χ1) is 13.7. The van der Waals surface area contributed by atoms with E-state index in [1.807, 2.05) is 13.8 Å². The number of ketones is 1. The maximum Gasteiger partial charge on any atom is 0.337 e. The highest BCUT2D eigenvalue weighted by Crippen LogP contribution is 2.46. The first kappa shape index (κ1) is 21.4. The SMILES string of the molecule is CCOc1cc([C@H]2C(C(=O)OC(C)C)=C(C)NC3=C2C(=O)CCC3)cc(Br)c1O. The second-order valence-electron chi connectivity index (χ2n) is 7.50. The Morgan fingerprint density at radius 3 is 2.72 bits per heavy atom. The number of nitrogens with one attached hydrogen (secondary N) is 1. The maximum absolute atomic E-state index is 13.0. The number of dihydropyridines is 1. The molecule has 156 valence electrons. The number of aromatic hydroxyl groups is 1. The normalized spacial score (nSPS) is 19.2. The van der Waals surface area contributed by atoms with Gasteiger partial charge < -0.3 is 19.9 Å². The van der Waals surface area contributed by atoms with Crippen LogP contribution in [0.3, 0.4) is 0 Å². The summed E-state index contributed by atoms with van der Waals surface area (Å²) in [6.07, 6.45) is 1.69. The van der Waals surface area contributed by atoms with E-state index in [0.29, 0.717) is 45.7 Å². The molecule has 1 heterocycles. The van der Waals surface area contributed by atoms with E-state index in [1.54, 1.807) is 26.0 Å². The average molecular weight is 464 g/mol. The number of Topliss-reactive ketones (excluding diaryl/α,β-unsaturated/α-hetero) is 1. The lowest BCUT2D eigenvalue weighted by Crippen LogP contribution is -2.35. The minimum Gasteiger partial charge on any atom is -0.503 e. The summed E-state index contributed by atoms with van der Waals surface area (Å²) in [4.78, 5) is 25.9. The summed E-state index contributed by atoms with van der Waals surface area (Å²) in [6.45, 7) is 7.61. The number of carbonyl (C=O) groups excluding carboxylic acids is 2. The third kappa shape index (κ3) is 4.20. The number of halogens is 1. The van der Waals surface area contributed by atoms with Gasteiger partial charge in [0.1, 0.15) is 0 Å². The van der Waals surface area contributed by atoms with E-state index in [9.17, 15) is 14.7 Å². The van der Waals surface area contributed by atoms with Crippen molar-refractivity contribution in [1.82, 2.24) is 5.32 Å². The number of phenolic OH excluding ortho intramolecular Hbond substituents is 1. The molecule has 3 rings (SSSR count). The fourth-order valence-corrected chi connectivity index (χ4v) is 4.35. The third-order valence-electron chi connectivity index (χ3n) is 5.02. The second-order valence-corrected chi connectivity index (χ2v) is 8.36. The van der Waals surface area contributed by atoms with Crippen molar-refractivity contribution < 1.29 is 24.2 Å². The van der Waals surface area contributed by atoms with Crippen LogP contribution in [0.5, 0.6) is 11.5 Å². The predicted molar refractivity (Wildman–Crippen MR) is 113 cm³/mol. The van der Waals surface area contributed by atoms with Crippen molar-refractivity contribution in [1.29, 1.82) is 0 Å². The van der Waals surface area contributed by atoms with Gasteiger partial charge in [0.05, 0.1) is 22.8 Å². The van der Waals surface area contributed by atoms with Crippen LogP contribution < -0.4 is 10.1 Å². The van der Waals surface area contributed by atoms with Gasteiger partial charge in [0, 0.05) is 29.3 Å². The minimum absolute atomic E-state index is 0.0132. The Bertz CT molecular complexity index is 916. The molecule has 6 nitrogen and oxygen atoms in total. The molecule has 2 N–H and O–H groups in total. The van der Waals surface area contributed by atoms with E-state index in [-0.39, 0.29) is 17.6 Å². The first-order valence-corrected chi connectivity index (χ1v) is 10.6. The Hall–Kier alpha value is -2.28. The fraction of sp³-hybridized carbons (Fsp3) is 0.455. The molecule has 0 saturated heterocycles. The van der Waals surface area contributed by atoms with Crippen LogP contribution in [0.25, 0.3) is 0 Å². The van der Waals surface area contributed by atoms with Gasteiger partial charge in [-0.3, -0.25) is 4.79 Å². The molecular formula is C22H26BrNO5. The molecule has 0 aromatic heterocycles. The zero-order chi connectivity index (χ0) is 21.3. The van der Waals surface area contributed by atoms with Crippen LogP contribution >= 0.6 is 15.9 Å². The summed E-state index contributed by atoms with van der Waals surface area (Å²) in [5.41, 5.74) is 3.23. The zero-order valence-electron chi connectivity index (χ0n) is 17.1. The monoisotopic (exact) mass is 463 g/mol. The van der Waals surface area contributed by atoms with E-state index >= 15 is 0 Å². The van der Waals surface area contributed by atoms with E-state index < -0.39 is 11.9 Å². The number of benzene rings is 1. The Balaban J connectivity index is 2.21. The molecule has 1 aliphatic carbocycles. The van der Waals surface area contributed by atoms with E-state index in [0.717, 1.165) is 18.5 Å². The molecule has 1 atom stereocenters. The van der Waals surface area contributed by atoms with Crippen molar-refractivity contribution in [2.24, 2.45) is 0 Å². The fourth-order valence-electron chi connectivity index (χ4n) is 3.89. The molecule has 1 aromatic carbocycles. The van der Waals surface area contributed by atoms with Crippen LogP contribution in [0.15, 0.2) is 39.1 Å². The highest BCUT2D eigenvalue weighted by Gasteiger charge is 2.39. The van der Waals surface area contributed by atoms with Gasteiger partial charge >= 0.3 is 5.97 Å². The van der Waals surface area contributed by atoms with Gasteiger partial charge in [-0.2, -0.15) is 0 Å². The van der Waals surface area contributed by atoms with Gasteiger partial charge in [0.15, 0.2) is 17.3 Å². The van der Waals surface area contributed by atoms with Crippen LogP contribution in [0.2, 0.25) is 0 Å². The maximum atomic E-state index is 13.0. The molecule has 0 radical (unpaired) electrons. The summed E-state index contributed by atoms with van der Waals surface area (Å²) in [6, 6.07) is 3.43. The number of hydrogen-bond donors (Lipinski definition) is 2. The number of ether oxygens (including phenoxy) is 2. The number of hydrogen-bond acceptors (Lipinski definition) is 6. The van der Waals surface area contributed by atoms with Gasteiger partial charge in [-0.15, -0.1) is 0 Å². The molecule has 0 amide bonds. The van der Waals surface area contributed by atoms with E-state index in [4.69, 9.17) is 9.47 Å².